The topological polar surface area (TPSA) is 28.3 Å². The zero-order valence-electron chi connectivity index (χ0n) is 10.7. The molecule has 96 valence electrons. The Morgan fingerprint density at radius 3 is 2.94 bits per heavy atom. The Hall–Kier alpha value is -1.32. The Kier molecular flexibility index (Phi) is 3.62. The van der Waals surface area contributed by atoms with Crippen molar-refractivity contribution in [2.24, 2.45) is 0 Å². The van der Waals surface area contributed by atoms with E-state index in [0.29, 0.717) is 0 Å². The number of nitrogens with one attached hydrogen (secondary N) is 1. The Labute approximate surface area is 108 Å². The molecule has 3 rings (SSSR count). The molecular formula is C15H20N2O. The predicted molar refractivity (Wildman–Crippen MR) is 73.9 cm³/mol. The number of nitrogens with zero attached hydrogens (tertiary/aromatic N) is 1. The monoisotopic (exact) mass is 244 g/mol. The van der Waals surface area contributed by atoms with Crippen LogP contribution in [-0.2, 0) is 11.2 Å². The maximum atomic E-state index is 5.36. The van der Waals surface area contributed by atoms with E-state index in [0.717, 1.165) is 32.7 Å². The third-order valence-electron chi connectivity index (χ3n) is 3.66. The van der Waals surface area contributed by atoms with Crippen molar-refractivity contribution in [3.63, 3.8) is 0 Å². The largest absolute Gasteiger partial charge is 0.379 e. The van der Waals surface area contributed by atoms with Gasteiger partial charge in [0.15, 0.2) is 0 Å². The number of fused-ring (bicyclic) bond motifs is 1. The van der Waals surface area contributed by atoms with Crippen molar-refractivity contribution in [1.29, 1.82) is 0 Å². The van der Waals surface area contributed by atoms with Gasteiger partial charge < -0.3 is 9.72 Å². The Balaban J connectivity index is 1.52. The van der Waals surface area contributed by atoms with Gasteiger partial charge in [-0.05, 0) is 42.5 Å². The molecule has 1 N–H and O–H groups in total. The minimum atomic E-state index is 0.897. The average Bonchev–Trinajstić information content (AvgIpc) is 2.87. The summed E-state index contributed by atoms with van der Waals surface area (Å²) in [5.41, 5.74) is 2.68. The molecule has 2 heterocycles. The lowest BCUT2D eigenvalue weighted by Gasteiger charge is -2.26. The molecule has 18 heavy (non-hydrogen) atoms. The van der Waals surface area contributed by atoms with Gasteiger partial charge in [0.25, 0.3) is 0 Å². The molecule has 0 spiro atoms. The number of hydrogen-bond donors (Lipinski definition) is 1. The van der Waals surface area contributed by atoms with E-state index in [-0.39, 0.29) is 0 Å². The van der Waals surface area contributed by atoms with Gasteiger partial charge >= 0.3 is 0 Å². The van der Waals surface area contributed by atoms with E-state index >= 15 is 0 Å². The molecule has 2 aromatic rings. The molecule has 1 aliphatic heterocycles. The van der Waals surface area contributed by atoms with Crippen LogP contribution in [0.1, 0.15) is 12.0 Å². The molecule has 0 saturated carbocycles. The molecule has 0 unspecified atom stereocenters. The number of H-pyrrole nitrogens is 1. The van der Waals surface area contributed by atoms with E-state index in [2.05, 4.69) is 34.1 Å². The number of rotatable bonds is 4. The van der Waals surface area contributed by atoms with Crippen LogP contribution in [0.15, 0.2) is 30.5 Å². The van der Waals surface area contributed by atoms with Crippen LogP contribution >= 0.6 is 0 Å². The van der Waals surface area contributed by atoms with E-state index in [9.17, 15) is 0 Å². The fourth-order valence-electron chi connectivity index (χ4n) is 2.58. The second-order valence-corrected chi connectivity index (χ2v) is 4.96. The zero-order chi connectivity index (χ0) is 12.2. The van der Waals surface area contributed by atoms with E-state index in [1.165, 1.54) is 29.4 Å². The SMILES string of the molecule is c1cc2ccc(CCCN3CCOCC3)cc2[nH]1. The van der Waals surface area contributed by atoms with E-state index in [1.54, 1.807) is 0 Å². The maximum Gasteiger partial charge on any atom is 0.0594 e. The molecule has 0 amide bonds. The highest BCUT2D eigenvalue weighted by atomic mass is 16.5. The number of aromatic nitrogens is 1. The van der Waals surface area contributed by atoms with Gasteiger partial charge in [0.1, 0.15) is 0 Å². The number of aromatic amines is 1. The van der Waals surface area contributed by atoms with Gasteiger partial charge in [0.2, 0.25) is 0 Å². The van der Waals surface area contributed by atoms with Crippen molar-refractivity contribution in [3.8, 4) is 0 Å². The molecule has 1 aromatic carbocycles. The molecule has 1 aromatic heterocycles. The second kappa shape index (κ2) is 5.55. The lowest BCUT2D eigenvalue weighted by atomic mass is 10.1. The Morgan fingerprint density at radius 2 is 2.06 bits per heavy atom. The van der Waals surface area contributed by atoms with Crippen LogP contribution < -0.4 is 0 Å². The minimum Gasteiger partial charge on any atom is -0.379 e. The predicted octanol–water partition coefficient (Wildman–Crippen LogP) is 2.43. The van der Waals surface area contributed by atoms with Gasteiger partial charge in [-0.25, -0.2) is 0 Å². The molecule has 3 heteroatoms. The van der Waals surface area contributed by atoms with Crippen LogP contribution in [0.5, 0.6) is 0 Å². The molecule has 1 saturated heterocycles. The first-order valence-electron chi connectivity index (χ1n) is 6.78. The summed E-state index contributed by atoms with van der Waals surface area (Å²) in [6.07, 6.45) is 4.39. The summed E-state index contributed by atoms with van der Waals surface area (Å²) in [6.45, 7) is 5.17. The minimum absolute atomic E-state index is 0.897. The van der Waals surface area contributed by atoms with Gasteiger partial charge in [-0.15, -0.1) is 0 Å². The van der Waals surface area contributed by atoms with Crippen molar-refractivity contribution >= 4 is 10.9 Å². The maximum absolute atomic E-state index is 5.36. The van der Waals surface area contributed by atoms with Crippen LogP contribution in [0.2, 0.25) is 0 Å². The lowest BCUT2D eigenvalue weighted by molar-refractivity contribution is 0.0375. The molecule has 1 fully saturated rings. The summed E-state index contributed by atoms with van der Waals surface area (Å²) in [5.74, 6) is 0. The summed E-state index contributed by atoms with van der Waals surface area (Å²) < 4.78 is 5.36. The Morgan fingerprint density at radius 1 is 1.17 bits per heavy atom. The third kappa shape index (κ3) is 2.74. The van der Waals surface area contributed by atoms with E-state index < -0.39 is 0 Å². The first-order chi connectivity index (χ1) is 8.92. The number of hydrogen-bond acceptors (Lipinski definition) is 2. The van der Waals surface area contributed by atoms with Crippen molar-refractivity contribution in [1.82, 2.24) is 9.88 Å². The van der Waals surface area contributed by atoms with Crippen LogP contribution in [-0.4, -0.2) is 42.7 Å². The highest BCUT2D eigenvalue weighted by Crippen LogP contribution is 2.15. The fraction of sp³-hybridized carbons (Fsp3) is 0.467. The number of aryl methyl sites for hydroxylation is 1. The van der Waals surface area contributed by atoms with Gasteiger partial charge in [-0.2, -0.15) is 0 Å². The fourth-order valence-corrected chi connectivity index (χ4v) is 2.58. The van der Waals surface area contributed by atoms with Crippen LogP contribution in [0, 0.1) is 0 Å². The summed E-state index contributed by atoms with van der Waals surface area (Å²) in [4.78, 5) is 5.77. The molecule has 0 bridgehead atoms. The normalized spacial score (nSPS) is 17.3. The second-order valence-electron chi connectivity index (χ2n) is 4.96. The Bertz CT molecular complexity index is 500. The smallest absolute Gasteiger partial charge is 0.0594 e. The summed E-state index contributed by atoms with van der Waals surface area (Å²) >= 11 is 0. The van der Waals surface area contributed by atoms with Gasteiger partial charge in [0, 0.05) is 24.8 Å². The number of benzene rings is 1. The van der Waals surface area contributed by atoms with Crippen molar-refractivity contribution in [2.45, 2.75) is 12.8 Å². The third-order valence-corrected chi connectivity index (χ3v) is 3.66. The van der Waals surface area contributed by atoms with Crippen LogP contribution in [0.25, 0.3) is 10.9 Å². The van der Waals surface area contributed by atoms with E-state index in [1.807, 2.05) is 6.20 Å². The standard InChI is InChI=1S/C15H20N2O/c1(7-17-8-10-18-11-9-17)2-13-3-4-14-5-6-16-15(14)12-13/h3-6,12,16H,1-2,7-11H2. The summed E-state index contributed by atoms with van der Waals surface area (Å²) in [7, 11) is 0. The first-order valence-corrected chi connectivity index (χ1v) is 6.78. The molecule has 0 atom stereocenters. The lowest BCUT2D eigenvalue weighted by Crippen LogP contribution is -2.36. The zero-order valence-corrected chi connectivity index (χ0v) is 10.7. The molecule has 0 aliphatic carbocycles. The van der Waals surface area contributed by atoms with Crippen molar-refractivity contribution in [3.05, 3.63) is 36.0 Å². The average molecular weight is 244 g/mol. The van der Waals surface area contributed by atoms with Gasteiger partial charge in [-0.3, -0.25) is 4.90 Å². The number of ether oxygens (including phenoxy) is 1. The molecule has 0 radical (unpaired) electrons. The van der Waals surface area contributed by atoms with Gasteiger partial charge in [-0.1, -0.05) is 12.1 Å². The number of morpholine rings is 1. The molecule has 3 nitrogen and oxygen atoms in total. The summed E-state index contributed by atoms with van der Waals surface area (Å²) in [5, 5.41) is 1.30. The highest BCUT2D eigenvalue weighted by molar-refractivity contribution is 5.79. The van der Waals surface area contributed by atoms with Gasteiger partial charge in [0.05, 0.1) is 13.2 Å². The van der Waals surface area contributed by atoms with Crippen molar-refractivity contribution < 1.29 is 4.74 Å². The summed E-state index contributed by atoms with van der Waals surface area (Å²) in [6, 6.07) is 8.84. The molecule has 1 aliphatic rings. The van der Waals surface area contributed by atoms with Crippen LogP contribution in [0.4, 0.5) is 0 Å². The first kappa shape index (κ1) is 11.8. The van der Waals surface area contributed by atoms with E-state index in [4.69, 9.17) is 4.74 Å². The highest BCUT2D eigenvalue weighted by Gasteiger charge is 2.09. The van der Waals surface area contributed by atoms with Crippen LogP contribution in [0.3, 0.4) is 0 Å². The quantitative estimate of drug-likeness (QED) is 0.894. The van der Waals surface area contributed by atoms with Crippen molar-refractivity contribution in [2.75, 3.05) is 32.8 Å². The molecular weight excluding hydrogens is 224 g/mol.